The molecule has 0 fully saturated rings. The van der Waals surface area contributed by atoms with E-state index in [9.17, 15) is 4.79 Å². The first-order valence-corrected chi connectivity index (χ1v) is 8.19. The summed E-state index contributed by atoms with van der Waals surface area (Å²) < 4.78 is 11.6. The van der Waals surface area contributed by atoms with Crippen molar-refractivity contribution in [2.75, 3.05) is 27.3 Å². The topological polar surface area (TPSA) is 103 Å². The molecule has 2 rings (SSSR count). The van der Waals surface area contributed by atoms with Gasteiger partial charge in [-0.25, -0.2) is 9.67 Å². The molecule has 25 heavy (non-hydrogen) atoms. The summed E-state index contributed by atoms with van der Waals surface area (Å²) in [5, 5.41) is 11.0. The summed E-state index contributed by atoms with van der Waals surface area (Å²) in [6.45, 7) is 4.30. The van der Waals surface area contributed by atoms with Gasteiger partial charge >= 0.3 is 5.97 Å². The van der Waals surface area contributed by atoms with E-state index in [1.807, 2.05) is 11.6 Å². The summed E-state index contributed by atoms with van der Waals surface area (Å²) in [7, 11) is 3.02. The van der Waals surface area contributed by atoms with Crippen LogP contribution in [0.5, 0.6) is 0 Å². The summed E-state index contributed by atoms with van der Waals surface area (Å²) in [5.74, 6) is 2.15. The molecule has 1 atom stereocenters. The van der Waals surface area contributed by atoms with E-state index in [0.29, 0.717) is 24.9 Å². The Bertz CT molecular complexity index is 578. The number of aliphatic imine (C=N–C) groups is 1. The van der Waals surface area contributed by atoms with Crippen LogP contribution in [0.3, 0.4) is 0 Å². The molecule has 0 aromatic carbocycles. The number of nitrogens with one attached hydrogen (secondary N) is 2. The van der Waals surface area contributed by atoms with Gasteiger partial charge in [-0.1, -0.05) is 0 Å². The van der Waals surface area contributed by atoms with Crippen molar-refractivity contribution in [3.63, 3.8) is 0 Å². The molecule has 0 spiro atoms. The van der Waals surface area contributed by atoms with Gasteiger partial charge in [0.05, 0.1) is 26.6 Å². The summed E-state index contributed by atoms with van der Waals surface area (Å²) in [6, 6.07) is 0.213. The molecule has 9 nitrogen and oxygen atoms in total. The van der Waals surface area contributed by atoms with Crippen molar-refractivity contribution in [3.8, 4) is 0 Å². The van der Waals surface area contributed by atoms with Gasteiger partial charge in [0.15, 0.2) is 11.8 Å². The second-order valence-corrected chi connectivity index (χ2v) is 5.53. The lowest BCUT2D eigenvalue weighted by atomic mass is 10.1. The molecule has 2 N–H and O–H groups in total. The predicted octanol–water partition coefficient (Wildman–Crippen LogP) is 0.476. The second-order valence-electron chi connectivity index (χ2n) is 5.53. The lowest BCUT2D eigenvalue weighted by Gasteiger charge is -2.25. The van der Waals surface area contributed by atoms with Crippen LogP contribution in [0.15, 0.2) is 4.99 Å². The Morgan fingerprint density at radius 2 is 2.24 bits per heavy atom. The molecule has 0 bridgehead atoms. The predicted molar refractivity (Wildman–Crippen MR) is 104 cm³/mol. The van der Waals surface area contributed by atoms with E-state index < -0.39 is 0 Å². The minimum absolute atomic E-state index is 0. The molecule has 0 saturated heterocycles. The first-order valence-electron chi connectivity index (χ1n) is 8.19. The van der Waals surface area contributed by atoms with Gasteiger partial charge in [0.2, 0.25) is 0 Å². The van der Waals surface area contributed by atoms with Crippen molar-refractivity contribution < 1.29 is 14.3 Å². The molecule has 1 aromatic heterocycles. The number of ether oxygens (including phenoxy) is 2. The minimum atomic E-state index is -0.259. The van der Waals surface area contributed by atoms with Crippen LogP contribution in [0.2, 0.25) is 0 Å². The van der Waals surface area contributed by atoms with Crippen molar-refractivity contribution >= 4 is 35.9 Å². The highest BCUT2D eigenvalue weighted by Gasteiger charge is 2.22. The molecular weight excluding hydrogens is 439 g/mol. The van der Waals surface area contributed by atoms with E-state index in [1.165, 1.54) is 7.11 Å². The number of hydrogen-bond donors (Lipinski definition) is 2. The first kappa shape index (κ1) is 21.6. The Morgan fingerprint density at radius 3 is 2.92 bits per heavy atom. The number of carbonyl (C=O) groups is 1. The van der Waals surface area contributed by atoms with Crippen molar-refractivity contribution in [2.45, 2.75) is 45.4 Å². The molecule has 0 aliphatic carbocycles. The van der Waals surface area contributed by atoms with E-state index in [-0.39, 0.29) is 42.4 Å². The van der Waals surface area contributed by atoms with Crippen molar-refractivity contribution in [2.24, 2.45) is 4.99 Å². The highest BCUT2D eigenvalue weighted by Crippen LogP contribution is 2.13. The zero-order chi connectivity index (χ0) is 17.4. The fourth-order valence-electron chi connectivity index (χ4n) is 2.54. The minimum Gasteiger partial charge on any atom is -0.469 e. The summed E-state index contributed by atoms with van der Waals surface area (Å²) in [5.41, 5.74) is 0. The van der Waals surface area contributed by atoms with Crippen LogP contribution in [-0.2, 0) is 33.8 Å². The Balaban J connectivity index is 0.00000312. The number of fused-ring (bicyclic) bond motifs is 1. The maximum absolute atomic E-state index is 11.2. The Kier molecular flexibility index (Phi) is 9.71. The van der Waals surface area contributed by atoms with Gasteiger partial charge in [-0.05, 0) is 13.3 Å². The standard InChI is InChI=1S/C15H26N6O3.HI/c1-4-16-15(17-8-7-14(22)24-3)18-11-5-6-13-19-12(10-23-2)20-21(13)9-11;/h11H,4-10H2,1-3H3,(H2,16,17,18);1H. The summed E-state index contributed by atoms with van der Waals surface area (Å²) in [6.07, 6.45) is 2.08. The number of guanidine groups is 1. The maximum atomic E-state index is 11.2. The van der Waals surface area contributed by atoms with Gasteiger partial charge < -0.3 is 20.1 Å². The highest BCUT2D eigenvalue weighted by molar-refractivity contribution is 14.0. The molecule has 2 heterocycles. The fourth-order valence-corrected chi connectivity index (χ4v) is 2.54. The number of carbonyl (C=O) groups excluding carboxylic acids is 1. The molecule has 10 heteroatoms. The number of aromatic nitrogens is 3. The van der Waals surface area contributed by atoms with Crippen LogP contribution in [0.1, 0.15) is 31.4 Å². The van der Waals surface area contributed by atoms with Crippen LogP contribution in [0.25, 0.3) is 0 Å². The molecule has 0 radical (unpaired) electrons. The van der Waals surface area contributed by atoms with Gasteiger partial charge in [-0.15, -0.1) is 24.0 Å². The molecule has 142 valence electrons. The van der Waals surface area contributed by atoms with Gasteiger partial charge in [0, 0.05) is 26.1 Å². The third-order valence-electron chi connectivity index (χ3n) is 3.67. The number of methoxy groups -OCH3 is 2. The van der Waals surface area contributed by atoms with E-state index >= 15 is 0 Å². The number of nitrogens with zero attached hydrogens (tertiary/aromatic N) is 4. The lowest BCUT2D eigenvalue weighted by Crippen LogP contribution is -2.47. The van der Waals surface area contributed by atoms with E-state index in [0.717, 1.165) is 31.8 Å². The average Bonchev–Trinajstić information content (AvgIpc) is 2.96. The smallest absolute Gasteiger partial charge is 0.307 e. The second kappa shape index (κ2) is 11.2. The Labute approximate surface area is 165 Å². The maximum Gasteiger partial charge on any atom is 0.307 e. The number of esters is 1. The van der Waals surface area contributed by atoms with Gasteiger partial charge in [0.25, 0.3) is 0 Å². The Hall–Kier alpha value is -1.43. The van der Waals surface area contributed by atoms with Crippen LogP contribution >= 0.6 is 24.0 Å². The number of halogens is 1. The van der Waals surface area contributed by atoms with E-state index in [2.05, 4.69) is 30.4 Å². The van der Waals surface area contributed by atoms with Gasteiger partial charge in [0.1, 0.15) is 12.4 Å². The molecular formula is C15H27IN6O3. The van der Waals surface area contributed by atoms with Gasteiger partial charge in [-0.2, -0.15) is 5.10 Å². The zero-order valence-electron chi connectivity index (χ0n) is 14.9. The van der Waals surface area contributed by atoms with Crippen LogP contribution in [0.4, 0.5) is 0 Å². The molecule has 1 aliphatic rings. The normalized spacial score (nSPS) is 16.6. The molecule has 0 saturated carbocycles. The van der Waals surface area contributed by atoms with Gasteiger partial charge in [-0.3, -0.25) is 9.79 Å². The van der Waals surface area contributed by atoms with Crippen LogP contribution < -0.4 is 10.6 Å². The fraction of sp³-hybridized carbons (Fsp3) is 0.733. The summed E-state index contributed by atoms with van der Waals surface area (Å²) >= 11 is 0. The highest BCUT2D eigenvalue weighted by atomic mass is 127. The lowest BCUT2D eigenvalue weighted by molar-refractivity contribution is -0.140. The van der Waals surface area contributed by atoms with Crippen molar-refractivity contribution in [1.82, 2.24) is 25.4 Å². The SMILES string of the molecule is CCNC(=NCCC(=O)OC)NC1CCc2nc(COC)nn2C1.I. The van der Waals surface area contributed by atoms with Crippen molar-refractivity contribution in [3.05, 3.63) is 11.6 Å². The molecule has 1 aliphatic heterocycles. The number of aryl methyl sites for hydroxylation is 1. The first-order chi connectivity index (χ1) is 11.7. The third-order valence-corrected chi connectivity index (χ3v) is 3.67. The molecule has 1 unspecified atom stereocenters. The quantitative estimate of drug-likeness (QED) is 0.261. The Morgan fingerprint density at radius 1 is 1.44 bits per heavy atom. The van der Waals surface area contributed by atoms with E-state index in [1.54, 1.807) is 7.11 Å². The largest absolute Gasteiger partial charge is 0.469 e. The van der Waals surface area contributed by atoms with Crippen LogP contribution in [0, 0.1) is 0 Å². The van der Waals surface area contributed by atoms with Crippen LogP contribution in [-0.4, -0.2) is 60.0 Å². The molecule has 0 amide bonds. The monoisotopic (exact) mass is 466 g/mol. The van der Waals surface area contributed by atoms with Crippen molar-refractivity contribution in [1.29, 1.82) is 0 Å². The third kappa shape index (κ3) is 6.77. The average molecular weight is 466 g/mol. The number of rotatable bonds is 7. The number of hydrogen-bond acceptors (Lipinski definition) is 6. The summed E-state index contributed by atoms with van der Waals surface area (Å²) in [4.78, 5) is 20.1. The molecule has 1 aromatic rings. The zero-order valence-corrected chi connectivity index (χ0v) is 17.3. The van der Waals surface area contributed by atoms with E-state index in [4.69, 9.17) is 4.74 Å².